The molecule has 1 aliphatic rings. The van der Waals surface area contributed by atoms with Crippen molar-refractivity contribution in [1.29, 1.82) is 0 Å². The van der Waals surface area contributed by atoms with Crippen LogP contribution in [0.3, 0.4) is 0 Å². The van der Waals surface area contributed by atoms with Gasteiger partial charge in [-0.2, -0.15) is 0 Å². The Kier molecular flexibility index (Phi) is 4.82. The van der Waals surface area contributed by atoms with Crippen LogP contribution in [0.25, 0.3) is 0 Å². The molecule has 1 aliphatic heterocycles. The molecule has 0 aliphatic carbocycles. The first-order valence-corrected chi connectivity index (χ1v) is 7.49. The van der Waals surface area contributed by atoms with E-state index >= 15 is 0 Å². The Hall–Kier alpha value is -1.86. The van der Waals surface area contributed by atoms with Gasteiger partial charge in [0.1, 0.15) is 0 Å². The van der Waals surface area contributed by atoms with Crippen LogP contribution in [0.1, 0.15) is 34.6 Å². The van der Waals surface area contributed by atoms with E-state index in [1.165, 1.54) is 6.92 Å². The van der Waals surface area contributed by atoms with E-state index in [9.17, 15) is 9.59 Å². The van der Waals surface area contributed by atoms with E-state index < -0.39 is 24.3 Å². The van der Waals surface area contributed by atoms with Gasteiger partial charge in [0.15, 0.2) is 6.61 Å². The Balaban J connectivity index is 1.98. The summed E-state index contributed by atoms with van der Waals surface area (Å²) in [6, 6.07) is 7.19. The molecule has 0 bridgehead atoms. The summed E-state index contributed by atoms with van der Waals surface area (Å²) in [4.78, 5) is 22.3. The highest BCUT2D eigenvalue weighted by molar-refractivity contribution is 6.62. The molecule has 1 heterocycles. The lowest BCUT2D eigenvalue weighted by Gasteiger charge is -2.32. The van der Waals surface area contributed by atoms with Crippen molar-refractivity contribution in [2.75, 3.05) is 11.9 Å². The lowest BCUT2D eigenvalue weighted by molar-refractivity contribution is -0.144. The largest absolute Gasteiger partial charge is 0.494 e. The number of anilines is 1. The highest BCUT2D eigenvalue weighted by Crippen LogP contribution is 2.36. The number of carbonyl (C=O) groups excluding carboxylic acids is 2. The van der Waals surface area contributed by atoms with E-state index in [2.05, 4.69) is 10.1 Å². The predicted octanol–water partition coefficient (Wildman–Crippen LogP) is 1.49. The zero-order chi connectivity index (χ0) is 17.3. The maximum absolute atomic E-state index is 11.6. The summed E-state index contributed by atoms with van der Waals surface area (Å²) in [6.45, 7) is 8.95. The third-order valence-corrected chi connectivity index (χ3v) is 4.13. The number of carbonyl (C=O) groups is 2. The number of benzene rings is 1. The van der Waals surface area contributed by atoms with Gasteiger partial charge in [-0.15, -0.1) is 0 Å². The van der Waals surface area contributed by atoms with Crippen molar-refractivity contribution in [2.24, 2.45) is 0 Å². The maximum atomic E-state index is 11.6. The van der Waals surface area contributed by atoms with Crippen LogP contribution < -0.4 is 10.8 Å². The Morgan fingerprint density at radius 3 is 2.09 bits per heavy atom. The van der Waals surface area contributed by atoms with Gasteiger partial charge in [0, 0.05) is 12.6 Å². The van der Waals surface area contributed by atoms with Gasteiger partial charge in [-0.05, 0) is 45.3 Å². The average molecular weight is 319 g/mol. The number of rotatable bonds is 4. The van der Waals surface area contributed by atoms with Gasteiger partial charge in [0.25, 0.3) is 5.91 Å². The SMILES string of the molecule is CC(=O)OCC(=O)Nc1ccc(B2OC(C)(C)C(C)(C)O2)cc1. The van der Waals surface area contributed by atoms with E-state index in [1.54, 1.807) is 12.1 Å². The van der Waals surface area contributed by atoms with Crippen molar-refractivity contribution in [3.8, 4) is 0 Å². The first kappa shape index (κ1) is 17.5. The summed E-state index contributed by atoms with van der Waals surface area (Å²) >= 11 is 0. The minimum absolute atomic E-state index is 0.297. The molecule has 7 heteroatoms. The molecule has 1 saturated heterocycles. The van der Waals surface area contributed by atoms with Crippen LogP contribution in [-0.4, -0.2) is 36.8 Å². The summed E-state index contributed by atoms with van der Waals surface area (Å²) in [5.41, 5.74) is 0.701. The van der Waals surface area contributed by atoms with E-state index in [-0.39, 0.29) is 12.5 Å². The molecule has 0 radical (unpaired) electrons. The second-order valence-corrected chi connectivity index (χ2v) is 6.54. The maximum Gasteiger partial charge on any atom is 0.494 e. The molecular formula is C16H22BNO5. The fourth-order valence-corrected chi connectivity index (χ4v) is 2.07. The van der Waals surface area contributed by atoms with Crippen LogP contribution in [0.2, 0.25) is 0 Å². The van der Waals surface area contributed by atoms with Crippen molar-refractivity contribution >= 4 is 30.1 Å². The fourth-order valence-electron chi connectivity index (χ4n) is 2.07. The zero-order valence-electron chi connectivity index (χ0n) is 14.1. The van der Waals surface area contributed by atoms with Gasteiger partial charge >= 0.3 is 13.1 Å². The van der Waals surface area contributed by atoms with Gasteiger partial charge in [0.2, 0.25) is 0 Å². The molecule has 0 atom stereocenters. The second kappa shape index (κ2) is 6.33. The molecule has 1 aromatic carbocycles. The Labute approximate surface area is 136 Å². The zero-order valence-corrected chi connectivity index (χ0v) is 14.1. The number of ether oxygens (including phenoxy) is 1. The minimum atomic E-state index is -0.490. The second-order valence-electron chi connectivity index (χ2n) is 6.54. The van der Waals surface area contributed by atoms with Crippen LogP contribution >= 0.6 is 0 Å². The van der Waals surface area contributed by atoms with Crippen molar-refractivity contribution in [1.82, 2.24) is 0 Å². The van der Waals surface area contributed by atoms with E-state index in [0.29, 0.717) is 5.69 Å². The molecular weight excluding hydrogens is 297 g/mol. The lowest BCUT2D eigenvalue weighted by atomic mass is 9.79. The number of hydrogen-bond donors (Lipinski definition) is 1. The van der Waals surface area contributed by atoms with Gasteiger partial charge in [0.05, 0.1) is 11.2 Å². The lowest BCUT2D eigenvalue weighted by Crippen LogP contribution is -2.41. The van der Waals surface area contributed by atoms with E-state index in [4.69, 9.17) is 9.31 Å². The van der Waals surface area contributed by atoms with Crippen LogP contribution in [0, 0.1) is 0 Å². The molecule has 0 saturated carbocycles. The highest BCUT2D eigenvalue weighted by Gasteiger charge is 2.51. The average Bonchev–Trinajstić information content (AvgIpc) is 2.66. The topological polar surface area (TPSA) is 73.9 Å². The number of esters is 1. The smallest absolute Gasteiger partial charge is 0.456 e. The van der Waals surface area contributed by atoms with Gasteiger partial charge < -0.3 is 19.4 Å². The predicted molar refractivity (Wildman–Crippen MR) is 87.4 cm³/mol. The van der Waals surface area contributed by atoms with Crippen LogP contribution in [-0.2, 0) is 23.6 Å². The standard InChI is InChI=1S/C16H22BNO5/c1-11(19)21-10-14(20)18-13-8-6-12(7-9-13)17-22-15(2,3)16(4,5)23-17/h6-9H,10H2,1-5H3,(H,18,20). The summed E-state index contributed by atoms with van der Waals surface area (Å²) < 4.78 is 16.6. The van der Waals surface area contributed by atoms with Crippen molar-refractivity contribution in [3.05, 3.63) is 24.3 Å². The molecule has 23 heavy (non-hydrogen) atoms. The van der Waals surface area contributed by atoms with Crippen LogP contribution in [0.4, 0.5) is 5.69 Å². The van der Waals surface area contributed by atoms with Crippen molar-refractivity contribution < 1.29 is 23.6 Å². The van der Waals surface area contributed by atoms with Gasteiger partial charge in [-0.1, -0.05) is 12.1 Å². The Morgan fingerprint density at radius 1 is 1.09 bits per heavy atom. The van der Waals surface area contributed by atoms with Gasteiger partial charge in [-0.3, -0.25) is 9.59 Å². The highest BCUT2D eigenvalue weighted by atomic mass is 16.7. The molecule has 0 aromatic heterocycles. The molecule has 2 rings (SSSR count). The number of nitrogens with one attached hydrogen (secondary N) is 1. The van der Waals surface area contributed by atoms with Crippen molar-refractivity contribution in [2.45, 2.75) is 45.8 Å². The Morgan fingerprint density at radius 2 is 1.61 bits per heavy atom. The molecule has 0 unspecified atom stereocenters. The number of hydrogen-bond acceptors (Lipinski definition) is 5. The van der Waals surface area contributed by atoms with Crippen LogP contribution in [0.5, 0.6) is 0 Å². The van der Waals surface area contributed by atoms with Crippen molar-refractivity contribution in [3.63, 3.8) is 0 Å². The fraction of sp³-hybridized carbons (Fsp3) is 0.500. The first-order chi connectivity index (χ1) is 10.6. The molecule has 124 valence electrons. The quantitative estimate of drug-likeness (QED) is 0.672. The first-order valence-electron chi connectivity index (χ1n) is 7.49. The molecule has 1 N–H and O–H groups in total. The number of amides is 1. The normalized spacial score (nSPS) is 18.6. The molecule has 1 amide bonds. The van der Waals surface area contributed by atoms with Crippen LogP contribution in [0.15, 0.2) is 24.3 Å². The summed E-state index contributed by atoms with van der Waals surface area (Å²) in [6.07, 6.45) is 0. The third kappa shape index (κ3) is 4.12. The van der Waals surface area contributed by atoms with E-state index in [1.807, 2.05) is 39.8 Å². The van der Waals surface area contributed by atoms with Gasteiger partial charge in [-0.25, -0.2) is 0 Å². The minimum Gasteiger partial charge on any atom is -0.456 e. The summed E-state index contributed by atoms with van der Waals surface area (Å²) in [5, 5.41) is 2.65. The molecule has 1 fully saturated rings. The Bertz CT molecular complexity index is 581. The third-order valence-electron chi connectivity index (χ3n) is 4.13. The van der Waals surface area contributed by atoms with E-state index in [0.717, 1.165) is 5.46 Å². The summed E-state index contributed by atoms with van der Waals surface area (Å²) in [5.74, 6) is -0.875. The molecule has 6 nitrogen and oxygen atoms in total. The molecule has 0 spiro atoms. The molecule has 1 aromatic rings. The summed E-state index contributed by atoms with van der Waals surface area (Å²) in [7, 11) is -0.439. The monoisotopic (exact) mass is 319 g/mol.